The van der Waals surface area contributed by atoms with E-state index in [0.717, 1.165) is 44.1 Å². The van der Waals surface area contributed by atoms with E-state index in [-0.39, 0.29) is 0 Å². The van der Waals surface area contributed by atoms with Gasteiger partial charge in [0.25, 0.3) is 0 Å². The van der Waals surface area contributed by atoms with Crippen molar-refractivity contribution in [3.63, 3.8) is 0 Å². The predicted molar refractivity (Wildman–Crippen MR) is 77.4 cm³/mol. The molecule has 3 rings (SSSR count). The van der Waals surface area contributed by atoms with Gasteiger partial charge in [0.2, 0.25) is 5.89 Å². The van der Waals surface area contributed by atoms with Crippen molar-refractivity contribution in [3.8, 4) is 0 Å². The number of aryl methyl sites for hydroxylation is 2. The van der Waals surface area contributed by atoms with Gasteiger partial charge in [-0.3, -0.25) is 0 Å². The highest BCUT2D eigenvalue weighted by Crippen LogP contribution is 2.15. The number of nitrogens with one attached hydrogen (secondary N) is 1. The lowest BCUT2D eigenvalue weighted by atomic mass is 9.96. The predicted octanol–water partition coefficient (Wildman–Crippen LogP) is 2.40. The van der Waals surface area contributed by atoms with Crippen molar-refractivity contribution >= 4 is 0 Å². The van der Waals surface area contributed by atoms with Crippen LogP contribution in [0, 0.1) is 5.92 Å². The number of hydrogen-bond acceptors (Lipinski definition) is 4. The molecule has 106 valence electrons. The Morgan fingerprint density at radius 3 is 2.90 bits per heavy atom. The first-order chi connectivity index (χ1) is 9.90. The molecule has 20 heavy (non-hydrogen) atoms. The molecule has 2 aromatic rings. The number of piperidine rings is 1. The molecule has 1 aromatic heterocycles. The standard InChI is InChI=1S/C16H21N3O/c1-2-5-13(6-3-1)8-9-15-18-16(20-19-15)11-14-7-4-10-17-12-14/h1-3,5-6,14,17H,4,7-12H2. The molecule has 0 amide bonds. The van der Waals surface area contributed by atoms with Gasteiger partial charge in [-0.25, -0.2) is 0 Å². The van der Waals surface area contributed by atoms with Gasteiger partial charge in [0.15, 0.2) is 5.82 Å². The van der Waals surface area contributed by atoms with E-state index >= 15 is 0 Å². The molecule has 1 saturated heterocycles. The Labute approximate surface area is 119 Å². The zero-order chi connectivity index (χ0) is 13.6. The number of aromatic nitrogens is 2. The summed E-state index contributed by atoms with van der Waals surface area (Å²) in [5.74, 6) is 2.26. The first-order valence-corrected chi connectivity index (χ1v) is 7.46. The summed E-state index contributed by atoms with van der Waals surface area (Å²) in [5.41, 5.74) is 1.32. The van der Waals surface area contributed by atoms with Crippen LogP contribution in [0.2, 0.25) is 0 Å². The van der Waals surface area contributed by atoms with Gasteiger partial charge in [-0.05, 0) is 43.8 Å². The van der Waals surface area contributed by atoms with Crippen LogP contribution >= 0.6 is 0 Å². The average molecular weight is 271 g/mol. The number of benzene rings is 1. The Hall–Kier alpha value is -1.68. The molecule has 1 aromatic carbocycles. The highest BCUT2D eigenvalue weighted by atomic mass is 16.5. The third-order valence-electron chi connectivity index (χ3n) is 3.85. The van der Waals surface area contributed by atoms with E-state index < -0.39 is 0 Å². The smallest absolute Gasteiger partial charge is 0.226 e. The average Bonchev–Trinajstić information content (AvgIpc) is 2.95. The molecule has 0 spiro atoms. The summed E-state index contributed by atoms with van der Waals surface area (Å²) < 4.78 is 5.37. The third-order valence-corrected chi connectivity index (χ3v) is 3.85. The van der Waals surface area contributed by atoms with Crippen molar-refractivity contribution in [3.05, 3.63) is 47.6 Å². The van der Waals surface area contributed by atoms with Crippen molar-refractivity contribution in [2.45, 2.75) is 32.1 Å². The second kappa shape index (κ2) is 6.66. The van der Waals surface area contributed by atoms with E-state index in [9.17, 15) is 0 Å². The molecule has 1 unspecified atom stereocenters. The topological polar surface area (TPSA) is 51.0 Å². The van der Waals surface area contributed by atoms with Crippen LogP contribution in [-0.4, -0.2) is 23.2 Å². The molecule has 1 aliphatic heterocycles. The van der Waals surface area contributed by atoms with Gasteiger partial charge >= 0.3 is 0 Å². The second-order valence-corrected chi connectivity index (χ2v) is 5.51. The van der Waals surface area contributed by atoms with Crippen LogP contribution in [0.1, 0.15) is 30.1 Å². The van der Waals surface area contributed by atoms with Gasteiger partial charge in [-0.2, -0.15) is 4.98 Å². The number of hydrogen-bond donors (Lipinski definition) is 1. The SMILES string of the molecule is c1ccc(CCc2noc(CC3CCCNC3)n2)cc1. The molecule has 0 bridgehead atoms. The largest absolute Gasteiger partial charge is 0.339 e. The van der Waals surface area contributed by atoms with Crippen LogP contribution < -0.4 is 5.32 Å². The minimum absolute atomic E-state index is 0.645. The monoisotopic (exact) mass is 271 g/mol. The summed E-state index contributed by atoms with van der Waals surface area (Å²) in [5, 5.41) is 7.51. The minimum atomic E-state index is 0.645. The van der Waals surface area contributed by atoms with Crippen molar-refractivity contribution in [2.75, 3.05) is 13.1 Å². The molecule has 4 nitrogen and oxygen atoms in total. The summed E-state index contributed by atoms with van der Waals surface area (Å²) >= 11 is 0. The molecule has 1 aliphatic rings. The Balaban J connectivity index is 1.51. The normalized spacial score (nSPS) is 19.1. The highest BCUT2D eigenvalue weighted by molar-refractivity contribution is 5.15. The zero-order valence-corrected chi connectivity index (χ0v) is 11.7. The van der Waals surface area contributed by atoms with Crippen LogP contribution in [0.5, 0.6) is 0 Å². The molecular weight excluding hydrogens is 250 g/mol. The summed E-state index contributed by atoms with van der Waals surface area (Å²) in [4.78, 5) is 4.51. The first-order valence-electron chi connectivity index (χ1n) is 7.46. The lowest BCUT2D eigenvalue weighted by Crippen LogP contribution is -2.30. The Morgan fingerprint density at radius 1 is 1.20 bits per heavy atom. The van der Waals surface area contributed by atoms with Crippen molar-refractivity contribution < 1.29 is 4.52 Å². The van der Waals surface area contributed by atoms with Gasteiger partial charge in [0, 0.05) is 12.8 Å². The van der Waals surface area contributed by atoms with Gasteiger partial charge in [-0.1, -0.05) is 35.5 Å². The van der Waals surface area contributed by atoms with Crippen molar-refractivity contribution in [1.82, 2.24) is 15.5 Å². The Morgan fingerprint density at radius 2 is 2.10 bits per heavy atom. The molecule has 2 heterocycles. The molecule has 1 N–H and O–H groups in total. The fraction of sp³-hybridized carbons (Fsp3) is 0.500. The Kier molecular flexibility index (Phi) is 4.43. The van der Waals surface area contributed by atoms with E-state index in [1.165, 1.54) is 18.4 Å². The first kappa shape index (κ1) is 13.3. The summed E-state index contributed by atoms with van der Waals surface area (Å²) in [6.07, 6.45) is 5.22. The molecule has 0 saturated carbocycles. The van der Waals surface area contributed by atoms with Crippen LogP contribution in [0.4, 0.5) is 0 Å². The zero-order valence-electron chi connectivity index (χ0n) is 11.7. The van der Waals surface area contributed by atoms with Crippen molar-refractivity contribution in [2.24, 2.45) is 5.92 Å². The molecule has 1 fully saturated rings. The van der Waals surface area contributed by atoms with Crippen LogP contribution in [0.15, 0.2) is 34.9 Å². The van der Waals surface area contributed by atoms with E-state index in [4.69, 9.17) is 4.52 Å². The molecular formula is C16H21N3O. The third kappa shape index (κ3) is 3.67. The summed E-state index contributed by atoms with van der Waals surface area (Å²) in [6.45, 7) is 2.21. The fourth-order valence-electron chi connectivity index (χ4n) is 2.72. The molecule has 1 atom stereocenters. The Bertz CT molecular complexity index is 518. The minimum Gasteiger partial charge on any atom is -0.339 e. The highest BCUT2D eigenvalue weighted by Gasteiger charge is 2.17. The molecule has 0 aliphatic carbocycles. The van der Waals surface area contributed by atoms with E-state index in [0.29, 0.717) is 5.92 Å². The molecule has 0 radical (unpaired) electrons. The lowest BCUT2D eigenvalue weighted by Gasteiger charge is -2.20. The van der Waals surface area contributed by atoms with E-state index in [1.54, 1.807) is 0 Å². The summed E-state index contributed by atoms with van der Waals surface area (Å²) in [6, 6.07) is 10.4. The molecule has 4 heteroatoms. The van der Waals surface area contributed by atoms with Gasteiger partial charge < -0.3 is 9.84 Å². The summed E-state index contributed by atoms with van der Waals surface area (Å²) in [7, 11) is 0. The van der Waals surface area contributed by atoms with Gasteiger partial charge in [0.1, 0.15) is 0 Å². The van der Waals surface area contributed by atoms with Crippen molar-refractivity contribution in [1.29, 1.82) is 0 Å². The second-order valence-electron chi connectivity index (χ2n) is 5.51. The quantitative estimate of drug-likeness (QED) is 0.907. The van der Waals surface area contributed by atoms with Crippen LogP contribution in [0.25, 0.3) is 0 Å². The van der Waals surface area contributed by atoms with Gasteiger partial charge in [0.05, 0.1) is 0 Å². The van der Waals surface area contributed by atoms with Crippen LogP contribution in [0.3, 0.4) is 0 Å². The lowest BCUT2D eigenvalue weighted by molar-refractivity contribution is 0.314. The van der Waals surface area contributed by atoms with E-state index in [2.05, 4.69) is 39.7 Å². The number of nitrogens with zero attached hydrogens (tertiary/aromatic N) is 2. The van der Waals surface area contributed by atoms with Crippen LogP contribution in [-0.2, 0) is 19.3 Å². The number of rotatable bonds is 5. The fourth-order valence-corrected chi connectivity index (χ4v) is 2.72. The van der Waals surface area contributed by atoms with E-state index in [1.807, 2.05) is 6.07 Å². The maximum Gasteiger partial charge on any atom is 0.226 e. The van der Waals surface area contributed by atoms with Gasteiger partial charge in [-0.15, -0.1) is 0 Å². The maximum atomic E-state index is 5.37. The maximum absolute atomic E-state index is 5.37.